The maximum atomic E-state index is 14.7. The molecule has 2 aliphatic rings. The Labute approximate surface area is 251 Å². The predicted molar refractivity (Wildman–Crippen MR) is 160 cm³/mol. The minimum absolute atomic E-state index is 0.0192. The molecule has 4 heterocycles. The largest absolute Gasteiger partial charge is 0.496 e. The fourth-order valence-electron chi connectivity index (χ4n) is 6.32. The Hall–Kier alpha value is -3.84. The van der Waals surface area contributed by atoms with Gasteiger partial charge in [-0.05, 0) is 50.8 Å². The van der Waals surface area contributed by atoms with Crippen molar-refractivity contribution in [1.82, 2.24) is 29.0 Å². The van der Waals surface area contributed by atoms with Crippen molar-refractivity contribution < 1.29 is 18.7 Å². The van der Waals surface area contributed by atoms with Gasteiger partial charge in [0, 0.05) is 24.7 Å². The van der Waals surface area contributed by atoms with Gasteiger partial charge in [0.1, 0.15) is 33.5 Å². The molecule has 0 N–H and O–H groups in total. The first-order valence-corrected chi connectivity index (χ1v) is 15.5. The van der Waals surface area contributed by atoms with Crippen LogP contribution in [0, 0.1) is 12.7 Å². The lowest BCUT2D eigenvalue weighted by Gasteiger charge is -2.31. The number of benzene rings is 1. The lowest BCUT2D eigenvalue weighted by molar-refractivity contribution is -0.136. The van der Waals surface area contributed by atoms with E-state index in [4.69, 9.17) is 9.47 Å². The van der Waals surface area contributed by atoms with Crippen molar-refractivity contribution in [1.29, 1.82) is 0 Å². The molecule has 13 heteroatoms. The van der Waals surface area contributed by atoms with Crippen molar-refractivity contribution in [2.75, 3.05) is 20.7 Å². The highest BCUT2D eigenvalue weighted by molar-refractivity contribution is 7.21. The molecular formula is C30H35FN6O5S. The van der Waals surface area contributed by atoms with Gasteiger partial charge in [-0.2, -0.15) is 10.2 Å². The van der Waals surface area contributed by atoms with Crippen molar-refractivity contribution in [3.05, 3.63) is 68.4 Å². The number of hydrogen-bond donors (Lipinski definition) is 0. The first-order chi connectivity index (χ1) is 20.8. The van der Waals surface area contributed by atoms with Crippen LogP contribution < -0.4 is 16.0 Å². The van der Waals surface area contributed by atoms with Gasteiger partial charge in [-0.15, -0.1) is 4.80 Å². The van der Waals surface area contributed by atoms with Crippen molar-refractivity contribution in [3.63, 3.8) is 0 Å². The molecule has 228 valence electrons. The molecular weight excluding hydrogens is 575 g/mol. The molecule has 2 fully saturated rings. The van der Waals surface area contributed by atoms with E-state index >= 15 is 0 Å². The number of halogens is 1. The van der Waals surface area contributed by atoms with E-state index in [-0.39, 0.29) is 18.6 Å². The lowest BCUT2D eigenvalue weighted by Crippen LogP contribution is -2.49. The molecule has 0 bridgehead atoms. The maximum Gasteiger partial charge on any atom is 0.332 e. The van der Waals surface area contributed by atoms with Crippen LogP contribution in [-0.4, -0.2) is 61.7 Å². The summed E-state index contributed by atoms with van der Waals surface area (Å²) in [5.74, 6) is -0.293. The standard InChI is InChI=1S/C30H35FN6O5S/c1-18-25-27(39)36(22-10-7-15-34(2)26(22)38)30(40)35(29(25)43-28(18)37-32-13-14-33-37)17-24(42-20-8-5-4-6-9-20)21-16-19(31)11-12-23(21)41-3/h11-14,16,20,22,24H,4-10,15,17H2,1-3H3/t22?,24-/m0/s1. The number of thiophene rings is 1. The number of fused-ring (bicyclic) bond motifs is 1. The van der Waals surface area contributed by atoms with E-state index in [1.54, 1.807) is 24.9 Å². The third kappa shape index (κ3) is 5.40. The minimum Gasteiger partial charge on any atom is -0.496 e. The van der Waals surface area contributed by atoms with Crippen molar-refractivity contribution >= 4 is 27.5 Å². The van der Waals surface area contributed by atoms with Crippen molar-refractivity contribution in [2.45, 2.75) is 76.7 Å². The predicted octanol–water partition coefficient (Wildman–Crippen LogP) is 4.15. The number of nitrogens with zero attached hydrogens (tertiary/aromatic N) is 6. The number of aromatic nitrogens is 5. The summed E-state index contributed by atoms with van der Waals surface area (Å²) < 4.78 is 29.5. The Balaban J connectivity index is 1.57. The number of likely N-dealkylation sites (tertiary alicyclic amines) is 1. The Kier molecular flexibility index (Phi) is 8.19. The number of hydrogen-bond acceptors (Lipinski definition) is 8. The number of carbonyl (C=O) groups is 1. The minimum atomic E-state index is -0.929. The van der Waals surface area contributed by atoms with Gasteiger partial charge in [0.2, 0.25) is 5.91 Å². The fraction of sp³-hybridized carbons (Fsp3) is 0.500. The highest BCUT2D eigenvalue weighted by atomic mass is 32.1. The molecule has 1 aliphatic carbocycles. The number of piperidine rings is 1. The first kappa shape index (κ1) is 29.2. The van der Waals surface area contributed by atoms with Crippen LogP contribution in [0.15, 0.2) is 40.2 Å². The van der Waals surface area contributed by atoms with Gasteiger partial charge in [-0.1, -0.05) is 30.6 Å². The van der Waals surface area contributed by atoms with Crippen LogP contribution in [-0.2, 0) is 16.1 Å². The van der Waals surface area contributed by atoms with Crippen LogP contribution in [0.4, 0.5) is 4.39 Å². The summed E-state index contributed by atoms with van der Waals surface area (Å²) in [6.07, 6.45) is 8.15. The zero-order valence-electron chi connectivity index (χ0n) is 24.5. The summed E-state index contributed by atoms with van der Waals surface area (Å²) in [5, 5.41) is 9.41. The lowest BCUT2D eigenvalue weighted by atomic mass is 9.97. The van der Waals surface area contributed by atoms with Gasteiger partial charge >= 0.3 is 5.69 Å². The summed E-state index contributed by atoms with van der Waals surface area (Å²) >= 11 is 1.22. The van der Waals surface area contributed by atoms with E-state index < -0.39 is 29.2 Å². The third-order valence-electron chi connectivity index (χ3n) is 8.56. The molecule has 0 spiro atoms. The van der Waals surface area contributed by atoms with E-state index in [2.05, 4.69) is 10.2 Å². The van der Waals surface area contributed by atoms with Gasteiger partial charge in [0.25, 0.3) is 5.56 Å². The summed E-state index contributed by atoms with van der Waals surface area (Å²) in [7, 11) is 3.19. The van der Waals surface area contributed by atoms with Gasteiger partial charge in [-0.3, -0.25) is 14.2 Å². The summed E-state index contributed by atoms with van der Waals surface area (Å²) in [5.41, 5.74) is -0.0554. The zero-order chi connectivity index (χ0) is 30.2. The van der Waals surface area contributed by atoms with Gasteiger partial charge < -0.3 is 14.4 Å². The number of ether oxygens (including phenoxy) is 2. The van der Waals surface area contributed by atoms with E-state index in [0.717, 1.165) is 36.7 Å². The van der Waals surface area contributed by atoms with Gasteiger partial charge in [-0.25, -0.2) is 13.8 Å². The number of aryl methyl sites for hydroxylation is 1. The summed E-state index contributed by atoms with van der Waals surface area (Å²) in [6.45, 7) is 2.33. The van der Waals surface area contributed by atoms with E-state index in [0.29, 0.717) is 51.5 Å². The average molecular weight is 611 g/mol. The Morgan fingerprint density at radius 1 is 1.07 bits per heavy atom. The van der Waals surface area contributed by atoms with Crippen LogP contribution in [0.3, 0.4) is 0 Å². The normalized spacial score (nSPS) is 18.8. The molecule has 1 aliphatic heterocycles. The van der Waals surface area contributed by atoms with Gasteiger partial charge in [0.15, 0.2) is 0 Å². The van der Waals surface area contributed by atoms with E-state index in [9.17, 15) is 18.8 Å². The molecule has 6 rings (SSSR count). The topological polar surface area (TPSA) is 113 Å². The first-order valence-electron chi connectivity index (χ1n) is 14.7. The number of rotatable bonds is 8. The van der Waals surface area contributed by atoms with Crippen LogP contribution >= 0.6 is 11.3 Å². The second-order valence-electron chi connectivity index (χ2n) is 11.3. The van der Waals surface area contributed by atoms with Crippen LogP contribution in [0.5, 0.6) is 5.75 Å². The Morgan fingerprint density at radius 3 is 2.53 bits per heavy atom. The molecule has 3 aromatic heterocycles. The molecule has 1 aromatic carbocycles. The van der Waals surface area contributed by atoms with Crippen molar-refractivity contribution in [2.24, 2.45) is 0 Å². The average Bonchev–Trinajstić information content (AvgIpc) is 3.65. The molecule has 11 nitrogen and oxygen atoms in total. The second-order valence-corrected chi connectivity index (χ2v) is 12.3. The molecule has 1 unspecified atom stereocenters. The number of amides is 1. The highest BCUT2D eigenvalue weighted by Crippen LogP contribution is 2.36. The number of methoxy groups -OCH3 is 1. The fourth-order valence-corrected chi connectivity index (χ4v) is 7.54. The Bertz CT molecular complexity index is 1760. The molecule has 4 aromatic rings. The van der Waals surface area contributed by atoms with E-state index in [1.165, 1.54) is 52.3 Å². The monoisotopic (exact) mass is 610 g/mol. The van der Waals surface area contributed by atoms with Crippen LogP contribution in [0.1, 0.15) is 68.2 Å². The van der Waals surface area contributed by atoms with Crippen LogP contribution in [0.2, 0.25) is 0 Å². The second kappa shape index (κ2) is 12.0. The molecule has 0 radical (unpaired) electrons. The maximum absolute atomic E-state index is 14.7. The van der Waals surface area contributed by atoms with E-state index in [1.807, 2.05) is 0 Å². The molecule has 1 saturated heterocycles. The smallest absolute Gasteiger partial charge is 0.332 e. The molecule has 1 amide bonds. The van der Waals surface area contributed by atoms with Crippen molar-refractivity contribution in [3.8, 4) is 10.8 Å². The highest BCUT2D eigenvalue weighted by Gasteiger charge is 2.34. The SMILES string of the molecule is COc1ccc(F)cc1[C@H](Cn1c(=O)n(C2CCCN(C)C2=O)c(=O)c2c(C)c(-n3nccn3)sc21)OC1CCCCC1. The summed E-state index contributed by atoms with van der Waals surface area (Å²) in [6, 6.07) is 3.32. The number of likely N-dealkylation sites (N-methyl/N-ethyl adjacent to an activating group) is 1. The molecule has 2 atom stereocenters. The van der Waals surface area contributed by atoms with Crippen LogP contribution in [0.25, 0.3) is 15.2 Å². The Morgan fingerprint density at radius 2 is 1.81 bits per heavy atom. The third-order valence-corrected chi connectivity index (χ3v) is 9.84. The number of carbonyl (C=O) groups excluding carboxylic acids is 1. The quantitative estimate of drug-likeness (QED) is 0.295. The molecule has 43 heavy (non-hydrogen) atoms. The summed E-state index contributed by atoms with van der Waals surface area (Å²) in [4.78, 5) is 45.2. The molecule has 1 saturated carbocycles. The van der Waals surface area contributed by atoms with Gasteiger partial charge in [0.05, 0.1) is 37.5 Å². The zero-order valence-corrected chi connectivity index (χ0v) is 25.3.